The van der Waals surface area contributed by atoms with Crippen LogP contribution in [0.15, 0.2) is 36.1 Å². The van der Waals surface area contributed by atoms with Crippen LogP contribution in [-0.2, 0) is 56.8 Å². The van der Waals surface area contributed by atoms with Crippen molar-refractivity contribution in [1.82, 2.24) is 0 Å². The summed E-state index contributed by atoms with van der Waals surface area (Å²) in [5.41, 5.74) is 0.613. The molecule has 256 valence electrons. The fraction of sp³-hybridized carbons (Fsp3) is 0.625. The molecule has 0 amide bonds. The van der Waals surface area contributed by atoms with E-state index in [1.54, 1.807) is 12.1 Å². The van der Waals surface area contributed by atoms with Gasteiger partial charge in [-0.1, -0.05) is 39.0 Å². The molecule has 0 radical (unpaired) electrons. The summed E-state index contributed by atoms with van der Waals surface area (Å²) < 4.78 is 52.6. The zero-order valence-electron chi connectivity index (χ0n) is 28.1. The summed E-state index contributed by atoms with van der Waals surface area (Å²) in [7, 11) is -0.659. The van der Waals surface area contributed by atoms with E-state index in [1.807, 2.05) is 18.2 Å². The fourth-order valence-corrected chi connectivity index (χ4v) is 5.89. The van der Waals surface area contributed by atoms with E-state index in [0.717, 1.165) is 19.6 Å². The molecule has 3 rings (SSSR count). The van der Waals surface area contributed by atoms with Gasteiger partial charge in [0.1, 0.15) is 18.5 Å². The summed E-state index contributed by atoms with van der Waals surface area (Å²) in [6.45, 7) is 15.1. The van der Waals surface area contributed by atoms with E-state index in [0.29, 0.717) is 17.7 Å². The lowest BCUT2D eigenvalue weighted by atomic mass is 9.97. The Morgan fingerprint density at radius 2 is 1.43 bits per heavy atom. The molecule has 46 heavy (non-hydrogen) atoms. The third-order valence-corrected chi connectivity index (χ3v) is 12.3. The zero-order chi connectivity index (χ0) is 34.4. The van der Waals surface area contributed by atoms with Gasteiger partial charge in [0.25, 0.3) is 0 Å². The van der Waals surface area contributed by atoms with E-state index in [1.165, 1.54) is 21.0 Å². The van der Waals surface area contributed by atoms with Gasteiger partial charge in [-0.3, -0.25) is 19.2 Å². The Morgan fingerprint density at radius 3 is 2.00 bits per heavy atom. The second-order valence-electron chi connectivity index (χ2n) is 12.7. The number of carbonyl (C=O) groups excluding carboxylic acids is 4. The van der Waals surface area contributed by atoms with Crippen LogP contribution >= 0.6 is 0 Å². The van der Waals surface area contributed by atoms with Gasteiger partial charge < -0.3 is 42.3 Å². The van der Waals surface area contributed by atoms with Crippen molar-refractivity contribution in [3.8, 4) is 5.75 Å². The van der Waals surface area contributed by atoms with E-state index in [-0.39, 0.29) is 11.6 Å². The lowest BCUT2D eigenvalue weighted by molar-refractivity contribution is -0.288. The van der Waals surface area contributed by atoms with Gasteiger partial charge in [-0.05, 0) is 24.2 Å². The van der Waals surface area contributed by atoms with Crippen LogP contribution in [0.1, 0.15) is 66.6 Å². The molecule has 0 N–H and O–H groups in total. The van der Waals surface area contributed by atoms with Crippen molar-refractivity contribution < 1.29 is 61.5 Å². The standard InChI is InChI=1S/C32H46O13Si/c1-18(33)38-17-26-28(39-19(2)34)29(40-20(3)35)30(41-21(4)36)31(44-26)43-24-14-12-11-13-23(24)25-15-22(16-27(37-8)42-25)45-46(9,10)32(5,6)7/h11-14,16,25-31H,15,17H2,1-10H3/t25-,26-,27+,28-,29+,30-,31-/m1/s1. The average Bonchev–Trinajstić information content (AvgIpc) is 2.93. The highest BCUT2D eigenvalue weighted by atomic mass is 28.4. The maximum Gasteiger partial charge on any atom is 0.303 e. The number of esters is 4. The predicted molar refractivity (Wildman–Crippen MR) is 165 cm³/mol. The molecule has 0 aromatic heterocycles. The summed E-state index contributed by atoms with van der Waals surface area (Å²) in [4.78, 5) is 48.2. The largest absolute Gasteiger partial charge is 0.546 e. The third kappa shape index (κ3) is 9.77. The van der Waals surface area contributed by atoms with Gasteiger partial charge in [0, 0.05) is 52.9 Å². The van der Waals surface area contributed by atoms with Crippen LogP contribution in [0.4, 0.5) is 0 Å². The normalized spacial score (nSPS) is 26.7. The topological polar surface area (TPSA) is 151 Å². The molecule has 13 nitrogen and oxygen atoms in total. The molecule has 1 saturated heterocycles. The Morgan fingerprint density at radius 1 is 0.848 bits per heavy atom. The molecule has 0 spiro atoms. The molecule has 7 atom stereocenters. The number of carbonyl (C=O) groups is 4. The molecule has 0 bridgehead atoms. The smallest absolute Gasteiger partial charge is 0.303 e. The molecule has 0 saturated carbocycles. The van der Waals surface area contributed by atoms with Crippen LogP contribution in [0.25, 0.3) is 0 Å². The number of hydrogen-bond donors (Lipinski definition) is 0. The van der Waals surface area contributed by atoms with Gasteiger partial charge in [-0.15, -0.1) is 0 Å². The number of benzene rings is 1. The Labute approximate surface area is 270 Å². The van der Waals surface area contributed by atoms with Gasteiger partial charge >= 0.3 is 23.9 Å². The minimum Gasteiger partial charge on any atom is -0.546 e. The minimum atomic E-state index is -2.19. The molecular formula is C32H46O13Si. The quantitative estimate of drug-likeness (QED) is 0.186. The summed E-state index contributed by atoms with van der Waals surface area (Å²) >= 11 is 0. The molecule has 0 aliphatic carbocycles. The Bertz CT molecular complexity index is 1290. The van der Waals surface area contributed by atoms with Gasteiger partial charge in [0.05, 0.1) is 11.9 Å². The van der Waals surface area contributed by atoms with Crippen LogP contribution in [0, 0.1) is 0 Å². The number of methoxy groups -OCH3 is 1. The Hall–Kier alpha value is -3.46. The molecule has 0 unspecified atom stereocenters. The maximum atomic E-state index is 12.3. The van der Waals surface area contributed by atoms with Gasteiger partial charge in [0.2, 0.25) is 20.7 Å². The van der Waals surface area contributed by atoms with Crippen molar-refractivity contribution in [2.75, 3.05) is 13.7 Å². The molecular weight excluding hydrogens is 620 g/mol. The summed E-state index contributed by atoms with van der Waals surface area (Å²) in [6.07, 6.45) is -5.68. The van der Waals surface area contributed by atoms with Gasteiger partial charge in [-0.25, -0.2) is 0 Å². The average molecular weight is 667 g/mol. The Balaban J connectivity index is 2.01. The minimum absolute atomic E-state index is 0.0413. The second kappa shape index (κ2) is 15.4. The number of rotatable bonds is 11. The first-order valence-electron chi connectivity index (χ1n) is 15.1. The van der Waals surface area contributed by atoms with E-state index in [4.69, 9.17) is 42.3 Å². The zero-order valence-corrected chi connectivity index (χ0v) is 29.1. The maximum absolute atomic E-state index is 12.3. The van der Waals surface area contributed by atoms with E-state index < -0.39 is 75.3 Å². The molecule has 2 aliphatic heterocycles. The number of hydrogen-bond acceptors (Lipinski definition) is 13. The molecule has 14 heteroatoms. The highest BCUT2D eigenvalue weighted by molar-refractivity contribution is 6.74. The van der Waals surface area contributed by atoms with Gasteiger partial charge in [0.15, 0.2) is 18.5 Å². The van der Waals surface area contributed by atoms with E-state index >= 15 is 0 Å². The summed E-state index contributed by atoms with van der Waals surface area (Å²) in [6, 6.07) is 7.05. The van der Waals surface area contributed by atoms with Crippen LogP contribution in [0.5, 0.6) is 5.75 Å². The highest BCUT2D eigenvalue weighted by Gasteiger charge is 2.53. The first kappa shape index (κ1) is 37.0. The first-order valence-corrected chi connectivity index (χ1v) is 18.0. The Kier molecular flexibility index (Phi) is 12.4. The van der Waals surface area contributed by atoms with Crippen LogP contribution in [0.2, 0.25) is 18.1 Å². The van der Waals surface area contributed by atoms with Crippen molar-refractivity contribution >= 4 is 32.2 Å². The van der Waals surface area contributed by atoms with Crippen molar-refractivity contribution in [1.29, 1.82) is 0 Å². The second-order valence-corrected chi connectivity index (χ2v) is 17.4. The number of para-hydroxylation sites is 1. The van der Waals surface area contributed by atoms with E-state index in [9.17, 15) is 19.2 Å². The monoisotopic (exact) mass is 666 g/mol. The van der Waals surface area contributed by atoms with Crippen molar-refractivity contribution in [2.45, 2.75) is 116 Å². The summed E-state index contributed by atoms with van der Waals surface area (Å²) in [5.74, 6) is -1.79. The number of ether oxygens (including phenoxy) is 8. The van der Waals surface area contributed by atoms with Crippen LogP contribution in [0.3, 0.4) is 0 Å². The molecule has 2 aliphatic rings. The highest BCUT2D eigenvalue weighted by Crippen LogP contribution is 2.43. The molecule has 2 heterocycles. The molecule has 1 aromatic rings. The lowest BCUT2D eigenvalue weighted by Crippen LogP contribution is -2.63. The molecule has 1 aromatic carbocycles. The SMILES string of the molecule is CO[C@@H]1C=C(O[Si](C)(C)C(C)(C)C)C[C@H](c2ccccc2O[C@@H]2O[C@H](COC(C)=O)[C@@H](OC(C)=O)[C@H](OC(C)=O)[C@H]2OC(C)=O)O1. The van der Waals surface area contributed by atoms with Crippen molar-refractivity contribution in [3.63, 3.8) is 0 Å². The lowest BCUT2D eigenvalue weighted by Gasteiger charge is -2.44. The van der Waals surface area contributed by atoms with Gasteiger partial charge in [-0.2, -0.15) is 0 Å². The first-order chi connectivity index (χ1) is 21.4. The van der Waals surface area contributed by atoms with E-state index in [2.05, 4.69) is 33.9 Å². The van der Waals surface area contributed by atoms with Crippen LogP contribution < -0.4 is 4.74 Å². The predicted octanol–water partition coefficient (Wildman–Crippen LogP) is 4.49. The third-order valence-electron chi connectivity index (χ3n) is 7.89. The van der Waals surface area contributed by atoms with Crippen LogP contribution in [-0.4, -0.2) is 82.9 Å². The fourth-order valence-electron chi connectivity index (χ4n) is 4.78. The molecule has 1 fully saturated rings. The summed E-state index contributed by atoms with van der Waals surface area (Å²) in [5, 5.41) is -0.0413. The van der Waals surface area contributed by atoms with Crippen molar-refractivity contribution in [2.24, 2.45) is 0 Å². The van der Waals surface area contributed by atoms with Crippen molar-refractivity contribution in [3.05, 3.63) is 41.7 Å².